The Balaban J connectivity index is 1.40. The van der Waals surface area contributed by atoms with Gasteiger partial charge in [-0.2, -0.15) is 0 Å². The molecule has 0 unspecified atom stereocenters. The van der Waals surface area contributed by atoms with E-state index in [0.29, 0.717) is 23.2 Å². The number of ether oxygens (including phenoxy) is 1. The number of rotatable bonds is 7. The first-order valence-electron chi connectivity index (χ1n) is 12.7. The van der Waals surface area contributed by atoms with Gasteiger partial charge in [0.2, 0.25) is 5.88 Å². The molecule has 0 spiro atoms. The van der Waals surface area contributed by atoms with Crippen LogP contribution in [0.25, 0.3) is 50.6 Å². The quantitative estimate of drug-likeness (QED) is 0.265. The molecule has 9 nitrogen and oxygen atoms in total. The Bertz CT molecular complexity index is 1830. The second-order valence-corrected chi connectivity index (χ2v) is 9.42. The summed E-state index contributed by atoms with van der Waals surface area (Å²) in [5, 5.41) is 14.3. The van der Waals surface area contributed by atoms with Gasteiger partial charge in [0.05, 0.1) is 28.4 Å². The molecule has 9 heteroatoms. The maximum absolute atomic E-state index is 11.7. The summed E-state index contributed by atoms with van der Waals surface area (Å²) in [6.07, 6.45) is 5.13. The van der Waals surface area contributed by atoms with Crippen LogP contribution in [-0.2, 0) is 0 Å². The Hall–Kier alpha value is -5.44. The van der Waals surface area contributed by atoms with Crippen molar-refractivity contribution in [1.29, 1.82) is 0 Å². The van der Waals surface area contributed by atoms with Crippen molar-refractivity contribution in [2.24, 2.45) is 0 Å². The number of aromatic nitrogens is 6. The monoisotopic (exact) mass is 528 g/mol. The van der Waals surface area contributed by atoms with Gasteiger partial charge in [0, 0.05) is 41.3 Å². The molecule has 0 amide bonds. The van der Waals surface area contributed by atoms with Crippen molar-refractivity contribution in [3.05, 3.63) is 103 Å². The van der Waals surface area contributed by atoms with Crippen molar-refractivity contribution >= 4 is 17.0 Å². The molecule has 0 fully saturated rings. The average molecular weight is 529 g/mol. The van der Waals surface area contributed by atoms with E-state index in [1.807, 2.05) is 68.4 Å². The topological polar surface area (TPSA) is 116 Å². The Labute approximate surface area is 229 Å². The lowest BCUT2D eigenvalue weighted by Gasteiger charge is -2.09. The van der Waals surface area contributed by atoms with Gasteiger partial charge in [-0.1, -0.05) is 30.3 Å². The number of carbonyl (C=O) groups is 1. The smallest absolute Gasteiger partial charge is 0.335 e. The summed E-state index contributed by atoms with van der Waals surface area (Å²) in [5.74, 6) is 0.627. The number of hydrogen-bond acceptors (Lipinski definition) is 7. The lowest BCUT2D eigenvalue weighted by molar-refractivity contribution is 0.0697. The van der Waals surface area contributed by atoms with E-state index in [2.05, 4.69) is 15.0 Å². The molecule has 0 saturated carbocycles. The molecule has 1 N–H and O–H groups in total. The fourth-order valence-corrected chi connectivity index (χ4v) is 4.35. The maximum Gasteiger partial charge on any atom is 0.335 e. The van der Waals surface area contributed by atoms with Crippen LogP contribution < -0.4 is 4.74 Å². The lowest BCUT2D eigenvalue weighted by Crippen LogP contribution is -2.06. The van der Waals surface area contributed by atoms with E-state index < -0.39 is 5.97 Å². The minimum atomic E-state index is -1.02. The van der Waals surface area contributed by atoms with E-state index in [9.17, 15) is 9.90 Å². The normalized spacial score (nSPS) is 11.2. The number of carboxylic acids is 1. The number of pyridine rings is 1. The van der Waals surface area contributed by atoms with Crippen LogP contribution in [0.2, 0.25) is 0 Å². The molecule has 6 aromatic rings. The summed E-state index contributed by atoms with van der Waals surface area (Å²) < 4.78 is 7.30. The molecule has 0 bridgehead atoms. The molecule has 0 aliphatic carbocycles. The van der Waals surface area contributed by atoms with Gasteiger partial charge in [-0.05, 0) is 61.9 Å². The lowest BCUT2D eigenvalue weighted by atomic mass is 10.1. The van der Waals surface area contributed by atoms with Crippen molar-refractivity contribution in [2.45, 2.75) is 20.0 Å². The van der Waals surface area contributed by atoms with Crippen LogP contribution in [0.1, 0.15) is 24.2 Å². The van der Waals surface area contributed by atoms with Gasteiger partial charge in [0.15, 0.2) is 11.6 Å². The second kappa shape index (κ2) is 10.4. The van der Waals surface area contributed by atoms with Crippen molar-refractivity contribution in [1.82, 2.24) is 29.7 Å². The number of hydrogen-bond donors (Lipinski definition) is 1. The Morgan fingerprint density at radius 2 is 1.52 bits per heavy atom. The van der Waals surface area contributed by atoms with Crippen LogP contribution in [0.4, 0.5) is 0 Å². The largest absolute Gasteiger partial charge is 0.478 e. The minimum Gasteiger partial charge on any atom is -0.478 e. The fourth-order valence-electron chi connectivity index (χ4n) is 4.35. The van der Waals surface area contributed by atoms with Gasteiger partial charge in [0.1, 0.15) is 0 Å². The zero-order valence-electron chi connectivity index (χ0n) is 21.8. The van der Waals surface area contributed by atoms with E-state index in [-0.39, 0.29) is 11.7 Å². The Morgan fingerprint density at radius 1 is 0.800 bits per heavy atom. The van der Waals surface area contributed by atoms with E-state index in [0.717, 1.165) is 33.3 Å². The summed E-state index contributed by atoms with van der Waals surface area (Å²) in [6.45, 7) is 3.93. The van der Waals surface area contributed by atoms with Crippen LogP contribution in [0.15, 0.2) is 97.5 Å². The molecule has 6 rings (SSSR count). The molecule has 0 aliphatic rings. The molecular formula is C31H24N6O3. The third-order valence-electron chi connectivity index (χ3n) is 6.24. The van der Waals surface area contributed by atoms with E-state index in [1.165, 1.54) is 0 Å². The first kappa shape index (κ1) is 24.9. The third-order valence-corrected chi connectivity index (χ3v) is 6.24. The Morgan fingerprint density at radius 3 is 2.25 bits per heavy atom. The van der Waals surface area contributed by atoms with Gasteiger partial charge < -0.3 is 9.84 Å². The number of fused-ring (bicyclic) bond motifs is 1. The Kier molecular flexibility index (Phi) is 6.45. The van der Waals surface area contributed by atoms with Gasteiger partial charge >= 0.3 is 5.97 Å². The predicted molar refractivity (Wildman–Crippen MR) is 151 cm³/mol. The molecule has 40 heavy (non-hydrogen) atoms. The first-order valence-corrected chi connectivity index (χ1v) is 12.7. The van der Waals surface area contributed by atoms with Crippen molar-refractivity contribution in [3.63, 3.8) is 0 Å². The molecule has 3 aromatic carbocycles. The number of carboxylic acid groups (broad SMARTS) is 1. The SMILES string of the molecule is CC(C)Oc1ccc(-c2ccc(-c3nc(-c4ccc5nccnc5c4)n(-c4cccc(C(=O)O)c4)n3)cc2)cn1. The molecule has 0 radical (unpaired) electrons. The standard InChI is InChI=1S/C31H24N6O3/c1-19(2)40-28-13-11-24(18-34-28)20-6-8-21(9-7-20)29-35-30(22-10-12-26-27(17-22)33-15-14-32-26)37(36-29)25-5-3-4-23(16-25)31(38)39/h3-19H,1-2H3,(H,38,39). The fraction of sp³-hybridized carbons (Fsp3) is 0.0968. The van der Waals surface area contributed by atoms with Crippen LogP contribution in [0, 0.1) is 0 Å². The number of benzene rings is 3. The van der Waals surface area contributed by atoms with Crippen LogP contribution >= 0.6 is 0 Å². The molecule has 3 heterocycles. The van der Waals surface area contributed by atoms with Gasteiger partial charge in [-0.15, -0.1) is 5.10 Å². The maximum atomic E-state index is 11.7. The highest BCUT2D eigenvalue weighted by Crippen LogP contribution is 2.29. The van der Waals surface area contributed by atoms with Crippen LogP contribution in [0.5, 0.6) is 5.88 Å². The molecule has 0 aliphatic heterocycles. The van der Waals surface area contributed by atoms with Crippen LogP contribution in [0.3, 0.4) is 0 Å². The minimum absolute atomic E-state index is 0.0592. The van der Waals surface area contributed by atoms with E-state index in [1.54, 1.807) is 47.5 Å². The third kappa shape index (κ3) is 5.00. The summed E-state index contributed by atoms with van der Waals surface area (Å²) in [5.41, 5.74) is 5.77. The van der Waals surface area contributed by atoms with Crippen molar-refractivity contribution in [3.8, 4) is 45.5 Å². The summed E-state index contributed by atoms with van der Waals surface area (Å²) in [4.78, 5) is 29.7. The number of nitrogens with zero attached hydrogens (tertiary/aromatic N) is 6. The summed E-state index contributed by atoms with van der Waals surface area (Å²) in [6, 6.07) is 24.0. The molecule has 196 valence electrons. The van der Waals surface area contributed by atoms with Gasteiger partial charge in [-0.25, -0.2) is 19.4 Å². The van der Waals surface area contributed by atoms with E-state index >= 15 is 0 Å². The number of aromatic carboxylic acids is 1. The molecular weight excluding hydrogens is 504 g/mol. The van der Waals surface area contributed by atoms with Gasteiger partial charge in [-0.3, -0.25) is 9.97 Å². The van der Waals surface area contributed by atoms with Crippen LogP contribution in [-0.4, -0.2) is 46.9 Å². The average Bonchev–Trinajstić information content (AvgIpc) is 3.43. The zero-order valence-corrected chi connectivity index (χ0v) is 21.8. The van der Waals surface area contributed by atoms with Crippen molar-refractivity contribution in [2.75, 3.05) is 0 Å². The molecule has 0 saturated heterocycles. The summed E-state index contributed by atoms with van der Waals surface area (Å²) >= 11 is 0. The molecule has 0 atom stereocenters. The van der Waals surface area contributed by atoms with E-state index in [4.69, 9.17) is 14.8 Å². The predicted octanol–water partition coefficient (Wildman–Crippen LogP) is 6.09. The first-order chi connectivity index (χ1) is 19.4. The van der Waals surface area contributed by atoms with Crippen molar-refractivity contribution < 1.29 is 14.6 Å². The highest BCUT2D eigenvalue weighted by atomic mass is 16.5. The highest BCUT2D eigenvalue weighted by molar-refractivity contribution is 5.88. The summed E-state index contributed by atoms with van der Waals surface area (Å²) in [7, 11) is 0. The highest BCUT2D eigenvalue weighted by Gasteiger charge is 2.17. The van der Waals surface area contributed by atoms with Gasteiger partial charge in [0.25, 0.3) is 0 Å². The second-order valence-electron chi connectivity index (χ2n) is 9.42. The zero-order chi connectivity index (χ0) is 27.6. The molecule has 3 aromatic heterocycles.